The van der Waals surface area contributed by atoms with Crippen LogP contribution in [0.25, 0.3) is 0 Å². The van der Waals surface area contributed by atoms with Crippen LogP contribution in [0.2, 0.25) is 5.02 Å². The summed E-state index contributed by atoms with van der Waals surface area (Å²) < 4.78 is 27.5. The number of sulfonamides is 1. The van der Waals surface area contributed by atoms with Crippen LogP contribution in [0.1, 0.15) is 18.7 Å². The molecular formula is C9H13ClN2O3S. The van der Waals surface area contributed by atoms with Crippen LogP contribution in [0.3, 0.4) is 0 Å². The number of hydrogen-bond acceptors (Lipinski definition) is 4. The van der Waals surface area contributed by atoms with E-state index in [1.165, 1.54) is 20.2 Å². The Hall–Kier alpha value is -0.690. The number of halogens is 1. The van der Waals surface area contributed by atoms with Gasteiger partial charge in [0.15, 0.2) is 0 Å². The second-order valence-corrected chi connectivity index (χ2v) is 5.71. The van der Waals surface area contributed by atoms with Crippen LogP contribution in [0, 0.1) is 0 Å². The van der Waals surface area contributed by atoms with Gasteiger partial charge in [-0.25, -0.2) is 13.6 Å². The first-order valence-electron chi connectivity index (χ1n) is 4.52. The molecule has 2 N–H and O–H groups in total. The van der Waals surface area contributed by atoms with Gasteiger partial charge in [-0.2, -0.15) is 0 Å². The van der Waals surface area contributed by atoms with Crippen molar-refractivity contribution in [2.24, 2.45) is 5.14 Å². The van der Waals surface area contributed by atoms with Gasteiger partial charge in [0.2, 0.25) is 10.0 Å². The molecule has 0 bridgehead atoms. The third-order valence-corrected chi connectivity index (χ3v) is 3.75. The van der Waals surface area contributed by atoms with Crippen molar-refractivity contribution in [3.8, 4) is 0 Å². The number of pyridine rings is 1. The van der Waals surface area contributed by atoms with E-state index >= 15 is 0 Å². The largest absolute Gasteiger partial charge is 0.374 e. The Balaban J connectivity index is 3.03. The minimum atomic E-state index is -3.67. The quantitative estimate of drug-likeness (QED) is 0.883. The van der Waals surface area contributed by atoms with E-state index in [-0.39, 0.29) is 0 Å². The van der Waals surface area contributed by atoms with Gasteiger partial charge in [-0.3, -0.25) is 4.98 Å². The lowest BCUT2D eigenvalue weighted by molar-refractivity contribution is 0.0988. The van der Waals surface area contributed by atoms with E-state index in [1.807, 2.05) is 0 Å². The lowest BCUT2D eigenvalue weighted by atomic mass is 10.2. The fraction of sp³-hybridized carbons (Fsp3) is 0.444. The average Bonchev–Trinajstić information content (AvgIpc) is 2.20. The van der Waals surface area contributed by atoms with Crippen molar-refractivity contribution in [3.05, 3.63) is 29.0 Å². The molecule has 0 saturated heterocycles. The molecule has 0 fully saturated rings. The minimum absolute atomic E-state index is 0.474. The van der Waals surface area contributed by atoms with E-state index in [0.717, 1.165) is 0 Å². The highest BCUT2D eigenvalue weighted by molar-refractivity contribution is 7.89. The number of aromatic nitrogens is 1. The zero-order valence-corrected chi connectivity index (χ0v) is 10.5. The van der Waals surface area contributed by atoms with Crippen LogP contribution < -0.4 is 5.14 Å². The van der Waals surface area contributed by atoms with Gasteiger partial charge in [-0.15, -0.1) is 0 Å². The Kier molecular flexibility index (Phi) is 4.26. The normalized spacial score (nSPS) is 15.8. The standard InChI is InChI=1S/C9H13ClN2O3S/c1-6(16(11,13)14)9(15-2)8-4-3-7(10)5-12-8/h3-6,9H,1-2H3,(H2,11,13,14)/t6-,9-/m1/s1. The topological polar surface area (TPSA) is 82.3 Å². The smallest absolute Gasteiger partial charge is 0.214 e. The molecular weight excluding hydrogens is 252 g/mol. The van der Waals surface area contributed by atoms with E-state index in [1.54, 1.807) is 12.1 Å². The summed E-state index contributed by atoms with van der Waals surface area (Å²) >= 11 is 5.68. The number of hydrogen-bond donors (Lipinski definition) is 1. The number of primary sulfonamides is 1. The number of nitrogens with two attached hydrogens (primary N) is 1. The third-order valence-electron chi connectivity index (χ3n) is 2.24. The lowest BCUT2D eigenvalue weighted by Gasteiger charge is -2.20. The number of ether oxygens (including phenoxy) is 1. The Morgan fingerprint density at radius 2 is 2.12 bits per heavy atom. The van der Waals surface area contributed by atoms with Crippen LogP contribution >= 0.6 is 11.6 Å². The summed E-state index contributed by atoms with van der Waals surface area (Å²) in [6.07, 6.45) is 0.728. The first-order chi connectivity index (χ1) is 7.36. The van der Waals surface area contributed by atoms with Gasteiger partial charge in [0.1, 0.15) is 11.4 Å². The van der Waals surface area contributed by atoms with Gasteiger partial charge in [0.05, 0.1) is 10.7 Å². The summed E-state index contributed by atoms with van der Waals surface area (Å²) in [7, 11) is -2.27. The maximum atomic E-state index is 11.2. The second kappa shape index (κ2) is 5.09. The molecule has 0 spiro atoms. The molecule has 0 unspecified atom stereocenters. The molecule has 90 valence electrons. The van der Waals surface area contributed by atoms with Gasteiger partial charge in [-0.05, 0) is 19.1 Å². The molecule has 1 aromatic rings. The molecule has 0 amide bonds. The first kappa shape index (κ1) is 13.4. The molecule has 1 rings (SSSR count). The summed E-state index contributed by atoms with van der Waals surface area (Å²) in [5, 5.41) is 4.67. The summed E-state index contributed by atoms with van der Waals surface area (Å²) in [5.41, 5.74) is 0.480. The van der Waals surface area contributed by atoms with Crippen LogP contribution in [0.4, 0.5) is 0 Å². The molecule has 0 aliphatic rings. The highest BCUT2D eigenvalue weighted by atomic mass is 35.5. The molecule has 0 aliphatic heterocycles. The predicted octanol–water partition coefficient (Wildman–Crippen LogP) is 1.10. The molecule has 16 heavy (non-hydrogen) atoms. The van der Waals surface area contributed by atoms with E-state index in [9.17, 15) is 8.42 Å². The SMILES string of the molecule is CO[C@@H](c1ccc(Cl)cn1)[C@@H](C)S(N)(=O)=O. The molecule has 0 radical (unpaired) electrons. The molecule has 7 heteroatoms. The monoisotopic (exact) mass is 264 g/mol. The number of nitrogens with zero attached hydrogens (tertiary/aromatic N) is 1. The second-order valence-electron chi connectivity index (χ2n) is 3.35. The zero-order valence-electron chi connectivity index (χ0n) is 8.92. The minimum Gasteiger partial charge on any atom is -0.374 e. The fourth-order valence-electron chi connectivity index (χ4n) is 1.28. The van der Waals surface area contributed by atoms with Crippen molar-refractivity contribution in [2.45, 2.75) is 18.3 Å². The van der Waals surface area contributed by atoms with Crippen LogP contribution in [-0.4, -0.2) is 25.8 Å². The van der Waals surface area contributed by atoms with Gasteiger partial charge in [0, 0.05) is 13.3 Å². The first-order valence-corrected chi connectivity index (χ1v) is 6.51. The third kappa shape index (κ3) is 3.15. The van der Waals surface area contributed by atoms with Crippen molar-refractivity contribution >= 4 is 21.6 Å². The molecule has 0 saturated carbocycles. The van der Waals surface area contributed by atoms with Gasteiger partial charge >= 0.3 is 0 Å². The molecule has 0 aliphatic carbocycles. The highest BCUT2D eigenvalue weighted by Gasteiger charge is 2.28. The summed E-state index contributed by atoms with van der Waals surface area (Å²) in [6, 6.07) is 3.23. The molecule has 2 atom stereocenters. The maximum Gasteiger partial charge on any atom is 0.214 e. The predicted molar refractivity (Wildman–Crippen MR) is 61.6 cm³/mol. The Morgan fingerprint density at radius 3 is 2.50 bits per heavy atom. The van der Waals surface area contributed by atoms with Crippen LogP contribution in [-0.2, 0) is 14.8 Å². The zero-order chi connectivity index (χ0) is 12.3. The van der Waals surface area contributed by atoms with E-state index in [4.69, 9.17) is 21.5 Å². The summed E-state index contributed by atoms with van der Waals surface area (Å²) in [4.78, 5) is 4.01. The lowest BCUT2D eigenvalue weighted by Crippen LogP contribution is -2.32. The summed E-state index contributed by atoms with van der Waals surface area (Å²) in [5.74, 6) is 0. The molecule has 0 aromatic carbocycles. The van der Waals surface area contributed by atoms with Crippen LogP contribution in [0.15, 0.2) is 18.3 Å². The van der Waals surface area contributed by atoms with Crippen LogP contribution in [0.5, 0.6) is 0 Å². The van der Waals surface area contributed by atoms with Gasteiger partial charge < -0.3 is 4.74 Å². The number of rotatable bonds is 4. The molecule has 1 aromatic heterocycles. The van der Waals surface area contributed by atoms with Crippen molar-refractivity contribution in [1.82, 2.24) is 4.98 Å². The summed E-state index contributed by atoms with van der Waals surface area (Å²) in [6.45, 7) is 1.47. The van der Waals surface area contributed by atoms with Crippen molar-refractivity contribution in [3.63, 3.8) is 0 Å². The average molecular weight is 265 g/mol. The van der Waals surface area contributed by atoms with Crippen molar-refractivity contribution < 1.29 is 13.2 Å². The molecule has 5 nitrogen and oxygen atoms in total. The van der Waals surface area contributed by atoms with Gasteiger partial charge in [0.25, 0.3) is 0 Å². The van der Waals surface area contributed by atoms with E-state index in [2.05, 4.69) is 4.98 Å². The molecule has 1 heterocycles. The van der Waals surface area contributed by atoms with E-state index in [0.29, 0.717) is 10.7 Å². The maximum absolute atomic E-state index is 11.2. The number of methoxy groups -OCH3 is 1. The van der Waals surface area contributed by atoms with Crippen molar-refractivity contribution in [1.29, 1.82) is 0 Å². The Bertz CT molecular complexity index is 446. The highest BCUT2D eigenvalue weighted by Crippen LogP contribution is 2.23. The van der Waals surface area contributed by atoms with Gasteiger partial charge in [-0.1, -0.05) is 11.6 Å². The Morgan fingerprint density at radius 1 is 1.50 bits per heavy atom. The van der Waals surface area contributed by atoms with Crippen molar-refractivity contribution in [2.75, 3.05) is 7.11 Å². The fourth-order valence-corrected chi connectivity index (χ4v) is 1.99. The van der Waals surface area contributed by atoms with E-state index < -0.39 is 21.4 Å². The Labute approximate surface area is 99.6 Å².